The molecule has 0 radical (unpaired) electrons. The maximum Gasteiger partial charge on any atom is 0.337 e. The van der Waals surface area contributed by atoms with E-state index in [9.17, 15) is 9.59 Å². The molecule has 7 heteroatoms. The number of nitrogens with zero attached hydrogens (tertiary/aromatic N) is 2. The zero-order valence-corrected chi connectivity index (χ0v) is 20.3. The number of benzene rings is 3. The van der Waals surface area contributed by atoms with Crippen molar-refractivity contribution in [1.82, 2.24) is 10.4 Å². The van der Waals surface area contributed by atoms with E-state index in [1.807, 2.05) is 73.7 Å². The molecular formula is C30H23N3O4. The molecule has 0 saturated carbocycles. The second-order valence-electron chi connectivity index (χ2n) is 8.36. The van der Waals surface area contributed by atoms with E-state index in [-0.39, 0.29) is 5.91 Å². The van der Waals surface area contributed by atoms with Gasteiger partial charge in [-0.3, -0.25) is 4.79 Å². The van der Waals surface area contributed by atoms with Crippen LogP contribution in [-0.4, -0.2) is 30.2 Å². The summed E-state index contributed by atoms with van der Waals surface area (Å²) in [6, 6.07) is 27.8. The highest BCUT2D eigenvalue weighted by molar-refractivity contribution is 6.07. The Morgan fingerprint density at radius 3 is 2.51 bits per heavy atom. The van der Waals surface area contributed by atoms with Gasteiger partial charge >= 0.3 is 5.97 Å². The summed E-state index contributed by atoms with van der Waals surface area (Å²) in [4.78, 5) is 29.6. The third-order valence-corrected chi connectivity index (χ3v) is 5.93. The monoisotopic (exact) mass is 489 g/mol. The number of aromatic nitrogens is 1. The highest BCUT2D eigenvalue weighted by Gasteiger charge is 2.14. The number of amides is 1. The average Bonchev–Trinajstić information content (AvgIpc) is 3.40. The number of pyridine rings is 1. The lowest BCUT2D eigenvalue weighted by Gasteiger charge is -2.09. The van der Waals surface area contributed by atoms with Crippen molar-refractivity contribution in [1.29, 1.82) is 0 Å². The molecule has 0 spiro atoms. The molecule has 3 aromatic carbocycles. The van der Waals surface area contributed by atoms with Gasteiger partial charge in [0.25, 0.3) is 5.91 Å². The highest BCUT2D eigenvalue weighted by Crippen LogP contribution is 2.27. The standard InChI is InChI=1S/C30H23N3O4/c1-19-16-21(30(35)36-2)12-14-23(19)28-15-13-22(37-28)18-31-33-29(34)25-17-27(20-8-4-3-5-9-20)32-26-11-7-6-10-24(25)26/h3-18H,1-2H3,(H,33,34)/b31-18+. The molecule has 2 aromatic heterocycles. The number of ether oxygens (including phenoxy) is 1. The van der Waals surface area contributed by atoms with Crippen LogP contribution >= 0.6 is 0 Å². The smallest absolute Gasteiger partial charge is 0.337 e. The van der Waals surface area contributed by atoms with E-state index in [1.165, 1.54) is 13.3 Å². The summed E-state index contributed by atoms with van der Waals surface area (Å²) < 4.78 is 10.7. The molecule has 1 N–H and O–H groups in total. The Hall–Kier alpha value is -5.04. The average molecular weight is 490 g/mol. The molecule has 0 atom stereocenters. The second kappa shape index (κ2) is 10.3. The fourth-order valence-corrected chi connectivity index (χ4v) is 4.09. The van der Waals surface area contributed by atoms with Crippen molar-refractivity contribution >= 4 is 29.0 Å². The number of methoxy groups -OCH3 is 1. The molecule has 0 aliphatic rings. The third-order valence-electron chi connectivity index (χ3n) is 5.93. The maximum atomic E-state index is 13.1. The number of para-hydroxylation sites is 1. The van der Waals surface area contributed by atoms with Crippen LogP contribution in [0.3, 0.4) is 0 Å². The van der Waals surface area contributed by atoms with E-state index in [4.69, 9.17) is 14.1 Å². The van der Waals surface area contributed by atoms with Crippen molar-refractivity contribution in [2.75, 3.05) is 7.11 Å². The van der Waals surface area contributed by atoms with E-state index in [0.29, 0.717) is 28.3 Å². The maximum absolute atomic E-state index is 13.1. The lowest BCUT2D eigenvalue weighted by molar-refractivity contribution is 0.0600. The van der Waals surface area contributed by atoms with Gasteiger partial charge in [0.1, 0.15) is 11.5 Å². The van der Waals surface area contributed by atoms with Crippen molar-refractivity contribution < 1.29 is 18.7 Å². The first kappa shape index (κ1) is 23.7. The van der Waals surface area contributed by atoms with Crippen molar-refractivity contribution in [3.05, 3.63) is 113 Å². The Balaban J connectivity index is 1.36. The highest BCUT2D eigenvalue weighted by atomic mass is 16.5. The lowest BCUT2D eigenvalue weighted by atomic mass is 10.0. The van der Waals surface area contributed by atoms with Gasteiger partial charge in [-0.1, -0.05) is 54.6 Å². The molecule has 37 heavy (non-hydrogen) atoms. The van der Waals surface area contributed by atoms with Gasteiger partial charge in [-0.15, -0.1) is 0 Å². The molecule has 0 unspecified atom stereocenters. The summed E-state index contributed by atoms with van der Waals surface area (Å²) >= 11 is 0. The Labute approximate surface area is 213 Å². The predicted molar refractivity (Wildman–Crippen MR) is 142 cm³/mol. The Kier molecular flexibility index (Phi) is 6.59. The number of carbonyl (C=O) groups is 2. The van der Waals surface area contributed by atoms with Crippen LogP contribution in [0.25, 0.3) is 33.5 Å². The molecule has 1 amide bonds. The minimum absolute atomic E-state index is 0.354. The first-order valence-corrected chi connectivity index (χ1v) is 11.6. The molecule has 5 rings (SSSR count). The summed E-state index contributed by atoms with van der Waals surface area (Å²) in [6.45, 7) is 1.89. The Bertz CT molecular complexity index is 1640. The van der Waals surface area contributed by atoms with Gasteiger partial charge < -0.3 is 9.15 Å². The first-order valence-electron chi connectivity index (χ1n) is 11.6. The van der Waals surface area contributed by atoms with Gasteiger partial charge in [0, 0.05) is 16.5 Å². The minimum atomic E-state index is -0.393. The number of hydrogen-bond acceptors (Lipinski definition) is 6. The Morgan fingerprint density at radius 1 is 0.946 bits per heavy atom. The fourth-order valence-electron chi connectivity index (χ4n) is 4.09. The van der Waals surface area contributed by atoms with Crippen LogP contribution in [0, 0.1) is 6.92 Å². The van der Waals surface area contributed by atoms with Crippen molar-refractivity contribution in [3.63, 3.8) is 0 Å². The summed E-state index contributed by atoms with van der Waals surface area (Å²) in [6.07, 6.45) is 1.45. The number of furan rings is 1. The van der Waals surface area contributed by atoms with Crippen LogP contribution in [-0.2, 0) is 4.74 Å². The van der Waals surface area contributed by atoms with Crippen molar-refractivity contribution in [2.24, 2.45) is 5.10 Å². The van der Waals surface area contributed by atoms with Crippen molar-refractivity contribution in [2.45, 2.75) is 6.92 Å². The van der Waals surface area contributed by atoms with Crippen molar-refractivity contribution in [3.8, 4) is 22.6 Å². The number of carbonyl (C=O) groups excluding carboxylic acids is 2. The van der Waals surface area contributed by atoms with Gasteiger partial charge in [-0.05, 0) is 48.9 Å². The number of aryl methyl sites for hydroxylation is 1. The van der Waals surface area contributed by atoms with Gasteiger partial charge in [-0.2, -0.15) is 5.10 Å². The number of rotatable bonds is 6. The zero-order chi connectivity index (χ0) is 25.8. The van der Waals surface area contributed by atoms with E-state index in [2.05, 4.69) is 10.5 Å². The fraction of sp³-hybridized carbons (Fsp3) is 0.0667. The minimum Gasteiger partial charge on any atom is -0.465 e. The van der Waals surface area contributed by atoms with Gasteiger partial charge in [-0.25, -0.2) is 15.2 Å². The molecule has 0 fully saturated rings. The summed E-state index contributed by atoms with van der Waals surface area (Å²) in [5, 5.41) is 4.84. The summed E-state index contributed by atoms with van der Waals surface area (Å²) in [5.74, 6) is 0.342. The quantitative estimate of drug-likeness (QED) is 0.179. The van der Waals surface area contributed by atoms with Crippen LogP contribution in [0.1, 0.15) is 32.0 Å². The number of fused-ring (bicyclic) bond motifs is 1. The summed E-state index contributed by atoms with van der Waals surface area (Å²) in [5.41, 5.74) is 7.60. The van der Waals surface area contributed by atoms with Crippen LogP contribution < -0.4 is 5.43 Å². The first-order chi connectivity index (χ1) is 18.0. The van der Waals surface area contributed by atoms with E-state index in [0.717, 1.165) is 27.6 Å². The molecule has 0 aliphatic heterocycles. The number of nitrogens with one attached hydrogen (secondary N) is 1. The van der Waals surface area contributed by atoms with Gasteiger partial charge in [0.2, 0.25) is 0 Å². The van der Waals surface area contributed by atoms with Crippen LogP contribution in [0.15, 0.2) is 101 Å². The molecule has 0 saturated heterocycles. The van der Waals surface area contributed by atoms with Gasteiger partial charge in [0.15, 0.2) is 0 Å². The molecule has 0 bridgehead atoms. The zero-order valence-electron chi connectivity index (χ0n) is 20.3. The third kappa shape index (κ3) is 5.01. The summed E-state index contributed by atoms with van der Waals surface area (Å²) in [7, 11) is 1.35. The van der Waals surface area contributed by atoms with E-state index >= 15 is 0 Å². The Morgan fingerprint density at radius 2 is 1.73 bits per heavy atom. The number of hydrogen-bond donors (Lipinski definition) is 1. The van der Waals surface area contributed by atoms with Crippen LogP contribution in [0.2, 0.25) is 0 Å². The predicted octanol–water partition coefficient (Wildman–Crippen LogP) is 6.02. The molecule has 182 valence electrons. The molecule has 0 aliphatic carbocycles. The molecule has 7 nitrogen and oxygen atoms in total. The lowest BCUT2D eigenvalue weighted by Crippen LogP contribution is -2.18. The van der Waals surface area contributed by atoms with E-state index < -0.39 is 5.97 Å². The SMILES string of the molecule is COC(=O)c1ccc(-c2ccc(/C=N/NC(=O)c3cc(-c4ccccc4)nc4ccccc34)o2)c(C)c1. The second-order valence-corrected chi connectivity index (χ2v) is 8.36. The molecule has 2 heterocycles. The number of hydrazone groups is 1. The van der Waals surface area contributed by atoms with Crippen LogP contribution in [0.4, 0.5) is 0 Å². The molecule has 5 aromatic rings. The largest absolute Gasteiger partial charge is 0.465 e. The number of esters is 1. The normalized spacial score (nSPS) is 11.1. The van der Waals surface area contributed by atoms with E-state index in [1.54, 1.807) is 24.3 Å². The molecular weight excluding hydrogens is 466 g/mol. The topological polar surface area (TPSA) is 93.8 Å². The van der Waals surface area contributed by atoms with Crippen LogP contribution in [0.5, 0.6) is 0 Å². The van der Waals surface area contributed by atoms with Gasteiger partial charge in [0.05, 0.1) is 35.7 Å².